The van der Waals surface area contributed by atoms with Crippen molar-refractivity contribution in [1.29, 1.82) is 0 Å². The zero-order chi connectivity index (χ0) is 16.7. The number of hydrogen-bond acceptors (Lipinski definition) is 3. The Kier molecular flexibility index (Phi) is 7.11. The molecule has 1 aromatic carbocycles. The highest BCUT2D eigenvalue weighted by Crippen LogP contribution is 2.23. The predicted molar refractivity (Wildman–Crippen MR) is 98.1 cm³/mol. The Morgan fingerprint density at radius 3 is 2.87 bits per heavy atom. The highest BCUT2D eigenvalue weighted by molar-refractivity contribution is 9.10. The molecule has 1 aliphatic carbocycles. The number of hydrazine groups is 1. The first-order chi connectivity index (χ1) is 11.0. The monoisotopic (exact) mass is 399 g/mol. The zero-order valence-electron chi connectivity index (χ0n) is 13.1. The first-order valence-electron chi connectivity index (χ1n) is 7.78. The zero-order valence-corrected chi connectivity index (χ0v) is 15.5. The summed E-state index contributed by atoms with van der Waals surface area (Å²) in [7, 11) is 0. The lowest BCUT2D eigenvalue weighted by atomic mass is 9.86. The second-order valence-electron chi connectivity index (χ2n) is 5.76. The highest BCUT2D eigenvalue weighted by Gasteiger charge is 2.21. The van der Waals surface area contributed by atoms with E-state index in [2.05, 4.69) is 39.0 Å². The van der Waals surface area contributed by atoms with Crippen LogP contribution < -0.4 is 20.9 Å². The van der Waals surface area contributed by atoms with Crippen LogP contribution in [0.1, 0.15) is 32.6 Å². The van der Waals surface area contributed by atoms with Crippen molar-refractivity contribution in [2.45, 2.75) is 38.6 Å². The molecule has 5 nitrogen and oxygen atoms in total. The summed E-state index contributed by atoms with van der Waals surface area (Å²) in [6, 6.07) is 7.71. The van der Waals surface area contributed by atoms with Gasteiger partial charge in [0.15, 0.2) is 11.7 Å². The van der Waals surface area contributed by atoms with Gasteiger partial charge in [0.25, 0.3) is 5.91 Å². The smallest absolute Gasteiger partial charge is 0.276 e. The summed E-state index contributed by atoms with van der Waals surface area (Å²) in [6.45, 7) is 2.15. The van der Waals surface area contributed by atoms with Crippen molar-refractivity contribution in [1.82, 2.24) is 16.2 Å². The number of hydrogen-bond donors (Lipinski definition) is 3. The third-order valence-electron chi connectivity index (χ3n) is 3.91. The average Bonchev–Trinajstić information content (AvgIpc) is 2.53. The van der Waals surface area contributed by atoms with E-state index in [1.165, 1.54) is 19.3 Å². The van der Waals surface area contributed by atoms with Gasteiger partial charge in [-0.05, 0) is 49.2 Å². The standard InChI is InChI=1S/C16H22BrN3O2S/c1-11-5-2-3-8-14(11)18-16(23)20-19-15(21)10-22-13-7-4-6-12(17)9-13/h4,6-7,9,11,14H,2-3,5,8,10H2,1H3,(H,19,21)(H2,18,20,23)/t11-,14-/m1/s1. The first kappa shape index (κ1) is 18.0. The summed E-state index contributed by atoms with van der Waals surface area (Å²) in [5.41, 5.74) is 5.27. The van der Waals surface area contributed by atoms with Crippen molar-refractivity contribution in [3.05, 3.63) is 28.7 Å². The third-order valence-corrected chi connectivity index (χ3v) is 4.62. The molecule has 1 fully saturated rings. The second-order valence-corrected chi connectivity index (χ2v) is 7.08. The molecule has 0 unspecified atom stereocenters. The molecule has 7 heteroatoms. The van der Waals surface area contributed by atoms with Gasteiger partial charge in [0, 0.05) is 10.5 Å². The molecule has 1 saturated carbocycles. The number of carbonyl (C=O) groups is 1. The van der Waals surface area contributed by atoms with Gasteiger partial charge < -0.3 is 10.1 Å². The van der Waals surface area contributed by atoms with Crippen LogP contribution in [0.5, 0.6) is 5.75 Å². The molecule has 0 heterocycles. The maximum Gasteiger partial charge on any atom is 0.276 e. The molecule has 23 heavy (non-hydrogen) atoms. The van der Waals surface area contributed by atoms with Gasteiger partial charge in [-0.1, -0.05) is 41.8 Å². The summed E-state index contributed by atoms with van der Waals surface area (Å²) in [5, 5.41) is 3.71. The molecule has 3 N–H and O–H groups in total. The SMILES string of the molecule is C[C@@H]1CCCC[C@H]1NC(=S)NNC(=O)COc1cccc(Br)c1. The van der Waals surface area contributed by atoms with Gasteiger partial charge in [0.05, 0.1) is 0 Å². The fraction of sp³-hybridized carbons (Fsp3) is 0.500. The van der Waals surface area contributed by atoms with Gasteiger partial charge in [-0.3, -0.25) is 15.6 Å². The summed E-state index contributed by atoms with van der Waals surface area (Å²) in [4.78, 5) is 11.8. The van der Waals surface area contributed by atoms with Gasteiger partial charge in [-0.25, -0.2) is 0 Å². The van der Waals surface area contributed by atoms with E-state index >= 15 is 0 Å². The van der Waals surface area contributed by atoms with Crippen LogP contribution >= 0.6 is 28.1 Å². The number of amides is 1. The highest BCUT2D eigenvalue weighted by atomic mass is 79.9. The van der Waals surface area contributed by atoms with Gasteiger partial charge in [-0.2, -0.15) is 0 Å². The molecule has 1 aliphatic rings. The normalized spacial score (nSPS) is 20.4. The minimum Gasteiger partial charge on any atom is -0.484 e. The molecule has 0 aliphatic heterocycles. The van der Waals surface area contributed by atoms with Crippen molar-refractivity contribution < 1.29 is 9.53 Å². The van der Waals surface area contributed by atoms with E-state index in [4.69, 9.17) is 17.0 Å². The van der Waals surface area contributed by atoms with E-state index in [0.717, 1.165) is 10.9 Å². The summed E-state index contributed by atoms with van der Waals surface area (Å²) >= 11 is 8.57. The van der Waals surface area contributed by atoms with Crippen molar-refractivity contribution >= 4 is 39.2 Å². The Labute approximate surface area is 150 Å². The molecule has 1 aromatic rings. The van der Waals surface area contributed by atoms with Gasteiger partial charge in [-0.15, -0.1) is 0 Å². The Balaban J connectivity index is 1.66. The largest absolute Gasteiger partial charge is 0.484 e. The molecule has 2 atom stereocenters. The number of benzene rings is 1. The molecular weight excluding hydrogens is 378 g/mol. The van der Waals surface area contributed by atoms with E-state index in [1.54, 1.807) is 12.1 Å². The topological polar surface area (TPSA) is 62.4 Å². The minimum absolute atomic E-state index is 0.0775. The summed E-state index contributed by atoms with van der Waals surface area (Å²) in [5.74, 6) is 0.941. The van der Waals surface area contributed by atoms with Crippen LogP contribution in [0.15, 0.2) is 28.7 Å². The van der Waals surface area contributed by atoms with Crippen molar-refractivity contribution in [2.75, 3.05) is 6.61 Å². The maximum absolute atomic E-state index is 11.8. The van der Waals surface area contributed by atoms with Crippen LogP contribution in [-0.2, 0) is 4.79 Å². The second kappa shape index (κ2) is 9.08. The van der Waals surface area contributed by atoms with Crippen molar-refractivity contribution in [3.8, 4) is 5.75 Å². The van der Waals surface area contributed by atoms with Crippen LogP contribution in [0.25, 0.3) is 0 Å². The molecule has 0 radical (unpaired) electrons. The molecule has 1 amide bonds. The minimum atomic E-state index is -0.286. The predicted octanol–water partition coefficient (Wildman–Crippen LogP) is 2.90. The third kappa shape index (κ3) is 6.35. The summed E-state index contributed by atoms with van der Waals surface area (Å²) < 4.78 is 6.31. The number of nitrogens with one attached hydrogen (secondary N) is 3. The molecule has 126 valence electrons. The Bertz CT molecular complexity index is 556. The Hall–Kier alpha value is -1.34. The molecule has 0 aromatic heterocycles. The van der Waals surface area contributed by atoms with Crippen molar-refractivity contribution in [3.63, 3.8) is 0 Å². The lowest BCUT2D eigenvalue weighted by Crippen LogP contribution is -2.52. The van der Waals surface area contributed by atoms with Gasteiger partial charge in [0.1, 0.15) is 5.75 Å². The van der Waals surface area contributed by atoms with Crippen LogP contribution in [0.4, 0.5) is 0 Å². The number of thiocarbonyl (C=S) groups is 1. The van der Waals surface area contributed by atoms with E-state index in [0.29, 0.717) is 22.8 Å². The van der Waals surface area contributed by atoms with Crippen LogP contribution in [0, 0.1) is 5.92 Å². The fourth-order valence-corrected chi connectivity index (χ4v) is 3.18. The molecule has 0 bridgehead atoms. The number of halogens is 1. The van der Waals surface area contributed by atoms with Gasteiger partial charge >= 0.3 is 0 Å². The number of carbonyl (C=O) groups excluding carboxylic acids is 1. The van der Waals surface area contributed by atoms with Crippen LogP contribution in [0.2, 0.25) is 0 Å². The Morgan fingerprint density at radius 1 is 1.35 bits per heavy atom. The van der Waals surface area contributed by atoms with E-state index in [9.17, 15) is 4.79 Å². The van der Waals surface area contributed by atoms with E-state index in [1.807, 2.05) is 12.1 Å². The fourth-order valence-electron chi connectivity index (χ4n) is 2.60. The molecule has 0 saturated heterocycles. The Morgan fingerprint density at radius 2 is 2.13 bits per heavy atom. The molecule has 2 rings (SSSR count). The average molecular weight is 400 g/mol. The number of rotatable bonds is 4. The molecule has 0 spiro atoms. The van der Waals surface area contributed by atoms with Crippen LogP contribution in [0.3, 0.4) is 0 Å². The maximum atomic E-state index is 11.8. The van der Waals surface area contributed by atoms with Gasteiger partial charge in [0.2, 0.25) is 0 Å². The van der Waals surface area contributed by atoms with Crippen molar-refractivity contribution in [2.24, 2.45) is 5.92 Å². The summed E-state index contributed by atoms with van der Waals surface area (Å²) in [6.07, 6.45) is 4.83. The molecular formula is C16H22BrN3O2S. The van der Waals surface area contributed by atoms with E-state index < -0.39 is 0 Å². The number of ether oxygens (including phenoxy) is 1. The lowest BCUT2D eigenvalue weighted by molar-refractivity contribution is -0.123. The van der Waals surface area contributed by atoms with E-state index in [-0.39, 0.29) is 12.5 Å². The quantitative estimate of drug-likeness (QED) is 0.536. The first-order valence-corrected chi connectivity index (χ1v) is 8.98. The lowest BCUT2D eigenvalue weighted by Gasteiger charge is -2.30. The van der Waals surface area contributed by atoms with Crippen LogP contribution in [-0.4, -0.2) is 23.7 Å².